The number of methoxy groups -OCH3 is 2. The van der Waals surface area contributed by atoms with Crippen molar-refractivity contribution in [3.05, 3.63) is 77.9 Å². The summed E-state index contributed by atoms with van der Waals surface area (Å²) in [5, 5.41) is 9.12. The monoisotopic (exact) mass is 519 g/mol. The second kappa shape index (κ2) is 14.0. The first-order chi connectivity index (χ1) is 18.3. The lowest BCUT2D eigenvalue weighted by atomic mass is 10.1. The van der Waals surface area contributed by atoms with E-state index in [4.69, 9.17) is 14.2 Å². The molecule has 38 heavy (non-hydrogen) atoms. The first-order valence-electron chi connectivity index (χ1n) is 12.7. The molecular formula is C30H37N3O5. The zero-order valence-corrected chi connectivity index (χ0v) is 22.7. The zero-order chi connectivity index (χ0) is 27.5. The van der Waals surface area contributed by atoms with Gasteiger partial charge in [0.25, 0.3) is 5.91 Å². The Hall–Kier alpha value is -4.04. The second-order valence-corrected chi connectivity index (χ2v) is 9.28. The Kier molecular flexibility index (Phi) is 10.5. The summed E-state index contributed by atoms with van der Waals surface area (Å²) in [6.07, 6.45) is 0.620. The molecule has 3 N–H and O–H groups in total. The van der Waals surface area contributed by atoms with Gasteiger partial charge >= 0.3 is 0 Å². The molecule has 0 saturated heterocycles. The quantitative estimate of drug-likeness (QED) is 0.276. The average molecular weight is 520 g/mol. The van der Waals surface area contributed by atoms with Gasteiger partial charge in [0.2, 0.25) is 5.91 Å². The Balaban J connectivity index is 1.55. The van der Waals surface area contributed by atoms with Crippen molar-refractivity contribution in [3.8, 4) is 17.2 Å². The van der Waals surface area contributed by atoms with Crippen molar-refractivity contribution in [1.82, 2.24) is 5.32 Å². The third-order valence-corrected chi connectivity index (χ3v) is 5.84. The summed E-state index contributed by atoms with van der Waals surface area (Å²) in [4.78, 5) is 25.4. The van der Waals surface area contributed by atoms with Gasteiger partial charge in [0.15, 0.2) is 11.5 Å². The van der Waals surface area contributed by atoms with E-state index in [2.05, 4.69) is 29.8 Å². The van der Waals surface area contributed by atoms with Crippen LogP contribution in [0.3, 0.4) is 0 Å². The molecule has 8 heteroatoms. The second-order valence-electron chi connectivity index (χ2n) is 9.28. The molecule has 0 radical (unpaired) electrons. The third kappa shape index (κ3) is 8.24. The van der Waals surface area contributed by atoms with Gasteiger partial charge in [0.05, 0.1) is 26.9 Å². The molecular weight excluding hydrogens is 482 g/mol. The lowest BCUT2D eigenvalue weighted by molar-refractivity contribution is -0.118. The van der Waals surface area contributed by atoms with Crippen molar-refractivity contribution < 1.29 is 23.8 Å². The fourth-order valence-corrected chi connectivity index (χ4v) is 3.68. The highest BCUT2D eigenvalue weighted by Gasteiger charge is 2.17. The summed E-state index contributed by atoms with van der Waals surface area (Å²) >= 11 is 0. The number of amides is 2. The van der Waals surface area contributed by atoms with Crippen molar-refractivity contribution in [2.45, 2.75) is 39.8 Å². The number of carbonyl (C=O) groups excluding carboxylic acids is 2. The molecule has 8 nitrogen and oxygen atoms in total. The summed E-state index contributed by atoms with van der Waals surface area (Å²) in [5.74, 6) is 2.10. The van der Waals surface area contributed by atoms with E-state index < -0.39 is 0 Å². The molecule has 3 rings (SSSR count). The first kappa shape index (κ1) is 28.5. The molecule has 0 heterocycles. The molecule has 0 fully saturated rings. The molecule has 0 bridgehead atoms. The summed E-state index contributed by atoms with van der Waals surface area (Å²) in [6.45, 7) is 7.24. The van der Waals surface area contributed by atoms with Gasteiger partial charge in [-0.25, -0.2) is 0 Å². The van der Waals surface area contributed by atoms with E-state index in [-0.39, 0.29) is 17.9 Å². The summed E-state index contributed by atoms with van der Waals surface area (Å²) in [6, 6.07) is 19.3. The molecule has 0 saturated carbocycles. The van der Waals surface area contributed by atoms with E-state index in [1.807, 2.05) is 25.1 Å². The Bertz CT molecular complexity index is 1190. The average Bonchev–Trinajstić information content (AvgIpc) is 2.93. The number of carbonyl (C=O) groups is 2. The normalized spacial score (nSPS) is 11.5. The maximum absolute atomic E-state index is 12.9. The minimum atomic E-state index is -0.383. The van der Waals surface area contributed by atoms with Gasteiger partial charge in [-0.05, 0) is 78.6 Å². The van der Waals surface area contributed by atoms with E-state index in [1.54, 1.807) is 62.8 Å². The number of nitrogens with one attached hydrogen (secondary N) is 3. The molecule has 1 unspecified atom stereocenters. The smallest absolute Gasteiger partial charge is 0.255 e. The number of hydrogen-bond donors (Lipinski definition) is 3. The van der Waals surface area contributed by atoms with Crippen LogP contribution in [0.5, 0.6) is 17.2 Å². The van der Waals surface area contributed by atoms with Gasteiger partial charge in [-0.1, -0.05) is 26.8 Å². The van der Waals surface area contributed by atoms with E-state index in [0.29, 0.717) is 59.7 Å². The Morgan fingerprint density at radius 1 is 0.816 bits per heavy atom. The molecule has 0 aromatic heterocycles. The van der Waals surface area contributed by atoms with Gasteiger partial charge in [0, 0.05) is 23.5 Å². The van der Waals surface area contributed by atoms with Crippen LogP contribution in [0, 0.1) is 5.92 Å². The molecule has 0 spiro atoms. The van der Waals surface area contributed by atoms with E-state index >= 15 is 0 Å². The maximum Gasteiger partial charge on any atom is 0.255 e. The summed E-state index contributed by atoms with van der Waals surface area (Å²) in [5.41, 5.74) is 2.79. The topological polar surface area (TPSA) is 97.9 Å². The van der Waals surface area contributed by atoms with Crippen molar-refractivity contribution in [1.29, 1.82) is 0 Å². The zero-order valence-electron chi connectivity index (χ0n) is 22.7. The van der Waals surface area contributed by atoms with Crippen LogP contribution >= 0.6 is 0 Å². The summed E-state index contributed by atoms with van der Waals surface area (Å²) in [7, 11) is 3.20. The molecule has 3 aromatic rings. The van der Waals surface area contributed by atoms with E-state index in [1.165, 1.54) is 0 Å². The Morgan fingerprint density at radius 2 is 1.47 bits per heavy atom. The molecule has 0 aliphatic heterocycles. The predicted octanol–water partition coefficient (Wildman–Crippen LogP) is 5.50. The number of anilines is 2. The van der Waals surface area contributed by atoms with Crippen molar-refractivity contribution in [2.24, 2.45) is 5.92 Å². The van der Waals surface area contributed by atoms with Crippen LogP contribution in [-0.2, 0) is 11.3 Å². The highest BCUT2D eigenvalue weighted by Crippen LogP contribution is 2.28. The number of hydrogen-bond acceptors (Lipinski definition) is 6. The molecule has 202 valence electrons. The predicted molar refractivity (Wildman–Crippen MR) is 150 cm³/mol. The van der Waals surface area contributed by atoms with Crippen molar-refractivity contribution >= 4 is 23.2 Å². The van der Waals surface area contributed by atoms with Crippen LogP contribution in [0.15, 0.2) is 66.7 Å². The standard InChI is InChI=1S/C30H37N3O5/c1-6-26(31-18-21-7-16-27(37-5)28(17-21)38-19-20(2)3)30(35)33-24-12-10-23(11-13-24)32-29(34)22-8-14-25(36-4)15-9-22/h7-17,20,26,31H,6,18-19H2,1-5H3,(H,32,34)(H,33,35). The van der Waals surface area contributed by atoms with Gasteiger partial charge in [-0.15, -0.1) is 0 Å². The highest BCUT2D eigenvalue weighted by atomic mass is 16.5. The van der Waals surface area contributed by atoms with Crippen LogP contribution in [-0.4, -0.2) is 38.7 Å². The Morgan fingerprint density at radius 3 is 2.05 bits per heavy atom. The fraction of sp³-hybridized carbons (Fsp3) is 0.333. The van der Waals surface area contributed by atoms with E-state index in [0.717, 1.165) is 5.56 Å². The van der Waals surface area contributed by atoms with Crippen LogP contribution < -0.4 is 30.2 Å². The molecule has 3 aromatic carbocycles. The maximum atomic E-state index is 12.9. The molecule has 1 atom stereocenters. The first-order valence-corrected chi connectivity index (χ1v) is 12.7. The highest BCUT2D eigenvalue weighted by molar-refractivity contribution is 6.04. The van der Waals surface area contributed by atoms with Crippen LogP contribution in [0.4, 0.5) is 11.4 Å². The van der Waals surface area contributed by atoms with Gasteiger partial charge < -0.3 is 30.2 Å². The van der Waals surface area contributed by atoms with E-state index in [9.17, 15) is 9.59 Å². The lowest BCUT2D eigenvalue weighted by Gasteiger charge is -2.18. The SMILES string of the molecule is CCC(NCc1ccc(OC)c(OCC(C)C)c1)C(=O)Nc1ccc(NC(=O)c2ccc(OC)cc2)cc1. The molecule has 0 aliphatic rings. The van der Waals surface area contributed by atoms with Gasteiger partial charge in [-0.2, -0.15) is 0 Å². The van der Waals surface area contributed by atoms with Gasteiger partial charge in [-0.3, -0.25) is 9.59 Å². The van der Waals surface area contributed by atoms with Crippen LogP contribution in [0.2, 0.25) is 0 Å². The number of ether oxygens (including phenoxy) is 3. The molecule has 0 aliphatic carbocycles. The molecule has 2 amide bonds. The van der Waals surface area contributed by atoms with Crippen molar-refractivity contribution in [2.75, 3.05) is 31.5 Å². The summed E-state index contributed by atoms with van der Waals surface area (Å²) < 4.78 is 16.4. The number of benzene rings is 3. The van der Waals surface area contributed by atoms with Crippen LogP contribution in [0.25, 0.3) is 0 Å². The largest absolute Gasteiger partial charge is 0.497 e. The third-order valence-electron chi connectivity index (χ3n) is 5.84. The van der Waals surface area contributed by atoms with Gasteiger partial charge in [0.1, 0.15) is 5.75 Å². The Labute approximate surface area is 224 Å². The van der Waals surface area contributed by atoms with Crippen molar-refractivity contribution in [3.63, 3.8) is 0 Å². The fourth-order valence-electron chi connectivity index (χ4n) is 3.68. The lowest BCUT2D eigenvalue weighted by Crippen LogP contribution is -2.39. The van der Waals surface area contributed by atoms with Crippen LogP contribution in [0.1, 0.15) is 43.1 Å². The minimum absolute atomic E-state index is 0.132. The minimum Gasteiger partial charge on any atom is -0.497 e. The number of rotatable bonds is 13.